The molecule has 1 N–H and O–H groups in total. The second-order valence-electron chi connectivity index (χ2n) is 7.52. The van der Waals surface area contributed by atoms with Gasteiger partial charge < -0.3 is 10.1 Å². The molecule has 2 aliphatic rings. The molecule has 2 heterocycles. The van der Waals surface area contributed by atoms with E-state index in [1.54, 1.807) is 12.3 Å². The number of likely N-dealkylation sites (tertiary alicyclic amines) is 1. The summed E-state index contributed by atoms with van der Waals surface area (Å²) in [6, 6.07) is 3.62. The number of pyridine rings is 1. The molecule has 1 aromatic heterocycles. The first-order chi connectivity index (χ1) is 13.0. The first-order valence-electron chi connectivity index (χ1n) is 9.69. The molecule has 2 unspecified atom stereocenters. The smallest absolute Gasteiger partial charge is 0.233 e. The van der Waals surface area contributed by atoms with Crippen LogP contribution in [0.25, 0.3) is 0 Å². The second-order valence-corrected chi connectivity index (χ2v) is 7.52. The molecule has 2 atom stereocenters. The SMILES string of the molecule is CC(C)Oc1ccc(CNC(=O)CCN2C(=O)C3CCCCC3C2=O)cn1. The molecule has 0 aromatic carbocycles. The molecule has 1 saturated carbocycles. The molecule has 7 nitrogen and oxygen atoms in total. The number of hydrogen-bond acceptors (Lipinski definition) is 5. The van der Waals surface area contributed by atoms with Crippen molar-refractivity contribution >= 4 is 17.7 Å². The van der Waals surface area contributed by atoms with Crippen LogP contribution in [0.2, 0.25) is 0 Å². The van der Waals surface area contributed by atoms with Crippen molar-refractivity contribution in [3.63, 3.8) is 0 Å². The molecule has 1 aliphatic heterocycles. The highest BCUT2D eigenvalue weighted by atomic mass is 16.5. The molecular weight excluding hydrogens is 346 g/mol. The van der Waals surface area contributed by atoms with Gasteiger partial charge in [0.1, 0.15) is 0 Å². The van der Waals surface area contributed by atoms with Crippen LogP contribution in [0.1, 0.15) is 51.5 Å². The van der Waals surface area contributed by atoms with E-state index in [2.05, 4.69) is 10.3 Å². The van der Waals surface area contributed by atoms with E-state index in [0.29, 0.717) is 12.4 Å². The number of hydrogen-bond donors (Lipinski definition) is 1. The Labute approximate surface area is 159 Å². The fourth-order valence-electron chi connectivity index (χ4n) is 3.78. The van der Waals surface area contributed by atoms with E-state index in [1.165, 1.54) is 4.90 Å². The van der Waals surface area contributed by atoms with E-state index in [0.717, 1.165) is 31.2 Å². The molecule has 3 amide bonds. The Balaban J connectivity index is 1.44. The summed E-state index contributed by atoms with van der Waals surface area (Å²) in [5.41, 5.74) is 0.860. The number of fused-ring (bicyclic) bond motifs is 1. The van der Waals surface area contributed by atoms with Gasteiger partial charge in [0.25, 0.3) is 0 Å². The Kier molecular flexibility index (Phi) is 6.08. The zero-order chi connectivity index (χ0) is 19.4. The van der Waals surface area contributed by atoms with Gasteiger partial charge in [0.15, 0.2) is 0 Å². The number of imide groups is 1. The third-order valence-corrected chi connectivity index (χ3v) is 5.14. The van der Waals surface area contributed by atoms with Gasteiger partial charge in [-0.1, -0.05) is 18.9 Å². The maximum absolute atomic E-state index is 12.4. The Morgan fingerprint density at radius 1 is 1.22 bits per heavy atom. The Hall–Kier alpha value is -2.44. The summed E-state index contributed by atoms with van der Waals surface area (Å²) in [6.45, 7) is 4.37. The Morgan fingerprint density at radius 3 is 2.44 bits per heavy atom. The largest absolute Gasteiger partial charge is 0.475 e. The number of nitrogens with one attached hydrogen (secondary N) is 1. The summed E-state index contributed by atoms with van der Waals surface area (Å²) in [7, 11) is 0. The van der Waals surface area contributed by atoms with Crippen LogP contribution >= 0.6 is 0 Å². The molecule has 1 aliphatic carbocycles. The fraction of sp³-hybridized carbons (Fsp3) is 0.600. The lowest BCUT2D eigenvalue weighted by Crippen LogP contribution is -2.35. The van der Waals surface area contributed by atoms with Gasteiger partial charge in [-0.3, -0.25) is 19.3 Å². The summed E-state index contributed by atoms with van der Waals surface area (Å²) in [6.07, 6.45) is 5.44. The number of carbonyl (C=O) groups excluding carboxylic acids is 3. The average molecular weight is 373 g/mol. The van der Waals surface area contributed by atoms with Crippen molar-refractivity contribution in [2.24, 2.45) is 11.8 Å². The van der Waals surface area contributed by atoms with Crippen LogP contribution in [0.5, 0.6) is 5.88 Å². The van der Waals surface area contributed by atoms with Crippen molar-refractivity contribution in [2.45, 2.75) is 58.6 Å². The van der Waals surface area contributed by atoms with Gasteiger partial charge in [-0.05, 0) is 32.3 Å². The van der Waals surface area contributed by atoms with Crippen LogP contribution in [0, 0.1) is 11.8 Å². The lowest BCUT2D eigenvalue weighted by molar-refractivity contribution is -0.140. The number of aromatic nitrogens is 1. The van der Waals surface area contributed by atoms with Gasteiger partial charge >= 0.3 is 0 Å². The summed E-state index contributed by atoms with van der Waals surface area (Å²) in [5.74, 6) is -0.149. The van der Waals surface area contributed by atoms with E-state index in [-0.39, 0.29) is 48.6 Å². The summed E-state index contributed by atoms with van der Waals surface area (Å²) >= 11 is 0. The highest BCUT2D eigenvalue weighted by Gasteiger charge is 2.47. The van der Waals surface area contributed by atoms with Crippen molar-refractivity contribution in [1.29, 1.82) is 0 Å². The zero-order valence-corrected chi connectivity index (χ0v) is 15.9. The molecule has 7 heteroatoms. The maximum atomic E-state index is 12.4. The lowest BCUT2D eigenvalue weighted by atomic mass is 9.81. The molecule has 146 valence electrons. The summed E-state index contributed by atoms with van der Waals surface area (Å²) < 4.78 is 5.48. The predicted molar refractivity (Wildman–Crippen MR) is 98.6 cm³/mol. The summed E-state index contributed by atoms with van der Waals surface area (Å²) in [5, 5.41) is 2.81. The van der Waals surface area contributed by atoms with Gasteiger partial charge in [0.2, 0.25) is 23.6 Å². The number of nitrogens with zero attached hydrogens (tertiary/aromatic N) is 2. The molecule has 0 bridgehead atoms. The highest BCUT2D eigenvalue weighted by Crippen LogP contribution is 2.37. The van der Waals surface area contributed by atoms with E-state index >= 15 is 0 Å². The molecule has 1 saturated heterocycles. The maximum Gasteiger partial charge on any atom is 0.233 e. The topological polar surface area (TPSA) is 88.6 Å². The molecule has 1 aromatic rings. The van der Waals surface area contributed by atoms with E-state index in [4.69, 9.17) is 4.74 Å². The van der Waals surface area contributed by atoms with Gasteiger partial charge in [0, 0.05) is 31.8 Å². The van der Waals surface area contributed by atoms with Gasteiger partial charge in [-0.15, -0.1) is 0 Å². The van der Waals surface area contributed by atoms with Crippen molar-refractivity contribution in [3.8, 4) is 5.88 Å². The van der Waals surface area contributed by atoms with E-state index in [1.807, 2.05) is 19.9 Å². The molecule has 3 rings (SSSR count). The number of rotatable bonds is 7. The number of ether oxygens (including phenoxy) is 1. The molecule has 0 spiro atoms. The molecule has 0 radical (unpaired) electrons. The van der Waals surface area contributed by atoms with Gasteiger partial charge in [0.05, 0.1) is 17.9 Å². The molecule has 27 heavy (non-hydrogen) atoms. The number of carbonyl (C=O) groups is 3. The predicted octanol–water partition coefficient (Wildman–Crippen LogP) is 2.05. The second kappa shape index (κ2) is 8.50. The molecular formula is C20H27N3O4. The Bertz CT molecular complexity index is 678. The van der Waals surface area contributed by atoms with E-state index < -0.39 is 0 Å². The van der Waals surface area contributed by atoms with E-state index in [9.17, 15) is 14.4 Å². The minimum absolute atomic E-state index is 0.0582. The summed E-state index contributed by atoms with van der Waals surface area (Å²) in [4.78, 5) is 42.4. The first kappa shape index (κ1) is 19.3. The third-order valence-electron chi connectivity index (χ3n) is 5.14. The Morgan fingerprint density at radius 2 is 1.89 bits per heavy atom. The quantitative estimate of drug-likeness (QED) is 0.739. The lowest BCUT2D eigenvalue weighted by Gasteiger charge is -2.19. The van der Waals surface area contributed by atoms with Crippen LogP contribution in [-0.2, 0) is 20.9 Å². The minimum Gasteiger partial charge on any atom is -0.475 e. The monoisotopic (exact) mass is 373 g/mol. The van der Waals surface area contributed by atoms with Crippen LogP contribution in [-0.4, -0.2) is 40.3 Å². The standard InChI is InChI=1S/C20H27N3O4/c1-13(2)27-18-8-7-14(12-22-18)11-21-17(24)9-10-23-19(25)15-5-3-4-6-16(15)20(23)26/h7-8,12-13,15-16H,3-6,9-11H2,1-2H3,(H,21,24). The van der Waals surface area contributed by atoms with Crippen molar-refractivity contribution in [1.82, 2.24) is 15.2 Å². The average Bonchev–Trinajstić information content (AvgIpc) is 2.90. The zero-order valence-electron chi connectivity index (χ0n) is 15.9. The van der Waals surface area contributed by atoms with Crippen LogP contribution < -0.4 is 10.1 Å². The van der Waals surface area contributed by atoms with Crippen LogP contribution in [0.3, 0.4) is 0 Å². The van der Waals surface area contributed by atoms with Gasteiger partial charge in [-0.25, -0.2) is 4.98 Å². The van der Waals surface area contributed by atoms with Crippen LogP contribution in [0.15, 0.2) is 18.3 Å². The van der Waals surface area contributed by atoms with Crippen molar-refractivity contribution < 1.29 is 19.1 Å². The molecule has 2 fully saturated rings. The number of amides is 3. The van der Waals surface area contributed by atoms with Crippen molar-refractivity contribution in [2.75, 3.05) is 6.54 Å². The minimum atomic E-state index is -0.187. The van der Waals surface area contributed by atoms with Crippen molar-refractivity contribution in [3.05, 3.63) is 23.9 Å². The highest BCUT2D eigenvalue weighted by molar-refractivity contribution is 6.05. The first-order valence-corrected chi connectivity index (χ1v) is 9.69. The normalized spacial score (nSPS) is 22.1. The third kappa shape index (κ3) is 4.64. The fourth-order valence-corrected chi connectivity index (χ4v) is 3.78. The van der Waals surface area contributed by atoms with Crippen LogP contribution in [0.4, 0.5) is 0 Å². The van der Waals surface area contributed by atoms with Gasteiger partial charge in [-0.2, -0.15) is 0 Å².